The van der Waals surface area contributed by atoms with Gasteiger partial charge in [0, 0.05) is 13.7 Å². The minimum absolute atomic E-state index is 0.462. The minimum atomic E-state index is -1.30. The van der Waals surface area contributed by atoms with Crippen molar-refractivity contribution in [1.82, 2.24) is 5.32 Å². The highest BCUT2D eigenvalue weighted by Gasteiger charge is 2.29. The van der Waals surface area contributed by atoms with Gasteiger partial charge < -0.3 is 25.6 Å². The number of alkyl carbamates (subject to hydrolysis) is 1. The van der Waals surface area contributed by atoms with Gasteiger partial charge in [0.05, 0.1) is 6.61 Å². The number of nitrogens with one attached hydrogen (secondary N) is 1. The molecule has 0 aromatic carbocycles. The molecule has 0 aromatic rings. The third kappa shape index (κ3) is 14.4. The molecule has 0 heterocycles. The quantitative estimate of drug-likeness (QED) is 0.312. The zero-order valence-electron chi connectivity index (χ0n) is 17.2. The third-order valence-electron chi connectivity index (χ3n) is 4.63. The molecular formula is C20H40N2O5. The van der Waals surface area contributed by atoms with Crippen molar-refractivity contribution in [3.8, 4) is 0 Å². The van der Waals surface area contributed by atoms with Gasteiger partial charge >= 0.3 is 6.09 Å². The van der Waals surface area contributed by atoms with Crippen molar-refractivity contribution in [2.24, 2.45) is 5.73 Å². The molecular weight excluding hydrogens is 348 g/mol. The fraction of sp³-hybridized carbons (Fsp3) is 0.900. The van der Waals surface area contributed by atoms with Crippen LogP contribution in [-0.2, 0) is 14.3 Å². The first-order valence-electron chi connectivity index (χ1n) is 10.4. The van der Waals surface area contributed by atoms with Crippen LogP contribution in [0.3, 0.4) is 0 Å². The van der Waals surface area contributed by atoms with Crippen LogP contribution in [-0.4, -0.2) is 49.6 Å². The van der Waals surface area contributed by atoms with Crippen molar-refractivity contribution in [1.29, 1.82) is 0 Å². The van der Waals surface area contributed by atoms with E-state index in [1.54, 1.807) is 0 Å². The lowest BCUT2D eigenvalue weighted by atomic mass is 10.1. The fourth-order valence-electron chi connectivity index (χ4n) is 2.92. The van der Waals surface area contributed by atoms with Gasteiger partial charge in [-0.05, 0) is 6.42 Å². The summed E-state index contributed by atoms with van der Waals surface area (Å²) in [5.41, 5.74) is 5.18. The van der Waals surface area contributed by atoms with Crippen LogP contribution in [0.1, 0.15) is 84.0 Å². The van der Waals surface area contributed by atoms with E-state index in [9.17, 15) is 9.59 Å². The van der Waals surface area contributed by atoms with Crippen molar-refractivity contribution < 1.29 is 24.2 Å². The van der Waals surface area contributed by atoms with E-state index in [4.69, 9.17) is 20.3 Å². The van der Waals surface area contributed by atoms with Crippen LogP contribution < -0.4 is 11.1 Å². The minimum Gasteiger partial charge on any atom is -0.433 e. The summed E-state index contributed by atoms with van der Waals surface area (Å²) in [4.78, 5) is 23.0. The summed E-state index contributed by atoms with van der Waals surface area (Å²) in [5.74, 6) is -0.851. The number of methoxy groups -OCH3 is 1. The molecule has 0 rings (SSSR count). The van der Waals surface area contributed by atoms with Crippen LogP contribution in [0.2, 0.25) is 0 Å². The topological polar surface area (TPSA) is 111 Å². The molecule has 7 heteroatoms. The number of amides is 2. The molecule has 0 radical (unpaired) electrons. The van der Waals surface area contributed by atoms with Gasteiger partial charge in [0.1, 0.15) is 6.10 Å². The van der Waals surface area contributed by atoms with E-state index in [1.165, 1.54) is 64.9 Å². The Labute approximate surface area is 164 Å². The summed E-state index contributed by atoms with van der Waals surface area (Å²) in [6.07, 6.45) is 12.0. The summed E-state index contributed by atoms with van der Waals surface area (Å²) < 4.78 is 9.84. The van der Waals surface area contributed by atoms with Crippen molar-refractivity contribution in [3.63, 3.8) is 0 Å². The molecule has 2 atom stereocenters. The molecule has 7 nitrogen and oxygen atoms in total. The number of hydrogen-bond acceptors (Lipinski definition) is 5. The smallest absolute Gasteiger partial charge is 0.408 e. The molecule has 2 amide bonds. The summed E-state index contributed by atoms with van der Waals surface area (Å²) in [6.45, 7) is 2.26. The standard InChI is InChI=1S/C20H40N2O5/c1-3-4-5-6-7-8-9-10-11-12-13-14-15-22-20(25)27-18(19(21)24)17(16-23)26-2/h17-18,23H,3-16H2,1-2H3,(H2,21,24)(H,22,25). The molecule has 160 valence electrons. The zero-order chi connectivity index (χ0) is 20.3. The van der Waals surface area contributed by atoms with Crippen molar-refractivity contribution in [2.45, 2.75) is 96.2 Å². The molecule has 0 aromatic heterocycles. The van der Waals surface area contributed by atoms with Crippen LogP contribution in [0.25, 0.3) is 0 Å². The lowest BCUT2D eigenvalue weighted by Gasteiger charge is -2.21. The number of primary amides is 1. The van der Waals surface area contributed by atoms with Gasteiger partial charge in [-0.15, -0.1) is 0 Å². The fourth-order valence-corrected chi connectivity index (χ4v) is 2.92. The number of hydrogen-bond donors (Lipinski definition) is 3. The lowest BCUT2D eigenvalue weighted by Crippen LogP contribution is -2.46. The first kappa shape index (κ1) is 25.7. The summed E-state index contributed by atoms with van der Waals surface area (Å²) in [5, 5.41) is 11.7. The first-order valence-corrected chi connectivity index (χ1v) is 10.4. The summed E-state index contributed by atoms with van der Waals surface area (Å²) in [7, 11) is 1.31. The van der Waals surface area contributed by atoms with Gasteiger partial charge in [-0.3, -0.25) is 4.79 Å². The van der Waals surface area contributed by atoms with E-state index in [2.05, 4.69) is 12.2 Å². The van der Waals surface area contributed by atoms with Gasteiger partial charge in [0.25, 0.3) is 5.91 Å². The monoisotopic (exact) mass is 388 g/mol. The predicted molar refractivity (Wildman–Crippen MR) is 106 cm³/mol. The van der Waals surface area contributed by atoms with Crippen LogP contribution >= 0.6 is 0 Å². The van der Waals surface area contributed by atoms with E-state index in [0.717, 1.165) is 19.3 Å². The highest BCUT2D eigenvalue weighted by Crippen LogP contribution is 2.11. The molecule has 2 unspecified atom stereocenters. The van der Waals surface area contributed by atoms with Crippen LogP contribution in [0, 0.1) is 0 Å². The van der Waals surface area contributed by atoms with Crippen molar-refractivity contribution in [3.05, 3.63) is 0 Å². The van der Waals surface area contributed by atoms with Crippen molar-refractivity contribution in [2.75, 3.05) is 20.3 Å². The average Bonchev–Trinajstić information content (AvgIpc) is 2.65. The van der Waals surface area contributed by atoms with E-state index >= 15 is 0 Å². The van der Waals surface area contributed by atoms with E-state index in [0.29, 0.717) is 6.54 Å². The number of ether oxygens (including phenoxy) is 2. The Balaban J connectivity index is 3.58. The second kappa shape index (κ2) is 18.0. The number of unbranched alkanes of at least 4 members (excludes halogenated alkanes) is 11. The molecule has 4 N–H and O–H groups in total. The van der Waals surface area contributed by atoms with E-state index in [1.807, 2.05) is 0 Å². The Kier molecular flexibility index (Phi) is 17.1. The SMILES string of the molecule is CCCCCCCCCCCCCCNC(=O)OC(C(N)=O)C(CO)OC. The van der Waals surface area contributed by atoms with Crippen LogP contribution in [0.5, 0.6) is 0 Å². The molecule has 0 saturated heterocycles. The molecule has 27 heavy (non-hydrogen) atoms. The normalized spacial score (nSPS) is 13.1. The number of aliphatic hydroxyl groups is 1. The second-order valence-electron chi connectivity index (χ2n) is 7.00. The van der Waals surface area contributed by atoms with Crippen LogP contribution in [0.4, 0.5) is 4.79 Å². The number of carbonyl (C=O) groups is 2. The molecule has 0 saturated carbocycles. The van der Waals surface area contributed by atoms with Crippen molar-refractivity contribution >= 4 is 12.0 Å². The van der Waals surface area contributed by atoms with Gasteiger partial charge in [0.2, 0.25) is 6.10 Å². The number of carbonyl (C=O) groups excluding carboxylic acids is 2. The Hall–Kier alpha value is -1.34. The molecule has 0 aliphatic heterocycles. The largest absolute Gasteiger partial charge is 0.433 e. The van der Waals surface area contributed by atoms with Gasteiger partial charge in [-0.25, -0.2) is 4.79 Å². The van der Waals surface area contributed by atoms with Gasteiger partial charge in [-0.1, -0.05) is 77.6 Å². The molecule has 0 aliphatic carbocycles. The molecule has 0 fully saturated rings. The third-order valence-corrected chi connectivity index (χ3v) is 4.63. The zero-order valence-corrected chi connectivity index (χ0v) is 17.2. The van der Waals surface area contributed by atoms with Gasteiger partial charge in [0.15, 0.2) is 0 Å². The Morgan fingerprint density at radius 2 is 1.41 bits per heavy atom. The number of aliphatic hydroxyl groups excluding tert-OH is 1. The Bertz CT molecular complexity index is 375. The maximum Gasteiger partial charge on any atom is 0.408 e. The number of rotatable bonds is 18. The predicted octanol–water partition coefficient (Wildman–Crippen LogP) is 3.27. The average molecular weight is 389 g/mol. The highest BCUT2D eigenvalue weighted by atomic mass is 16.6. The highest BCUT2D eigenvalue weighted by molar-refractivity contribution is 5.82. The maximum absolute atomic E-state index is 11.7. The molecule has 0 spiro atoms. The second-order valence-corrected chi connectivity index (χ2v) is 7.00. The summed E-state index contributed by atoms with van der Waals surface area (Å²) >= 11 is 0. The van der Waals surface area contributed by atoms with E-state index < -0.39 is 30.8 Å². The summed E-state index contributed by atoms with van der Waals surface area (Å²) in [6, 6.07) is 0. The Morgan fingerprint density at radius 1 is 0.926 bits per heavy atom. The Morgan fingerprint density at radius 3 is 1.81 bits per heavy atom. The van der Waals surface area contributed by atoms with E-state index in [-0.39, 0.29) is 0 Å². The number of nitrogens with two attached hydrogens (primary N) is 1. The molecule has 0 aliphatic rings. The lowest BCUT2D eigenvalue weighted by molar-refractivity contribution is -0.135. The molecule has 0 bridgehead atoms. The first-order chi connectivity index (χ1) is 13.1. The van der Waals surface area contributed by atoms with Crippen LogP contribution in [0.15, 0.2) is 0 Å². The van der Waals surface area contributed by atoms with Gasteiger partial charge in [-0.2, -0.15) is 0 Å². The maximum atomic E-state index is 11.7.